The second-order valence-electron chi connectivity index (χ2n) is 5.79. The Morgan fingerprint density at radius 1 is 1.22 bits per heavy atom. The maximum absolute atomic E-state index is 13.2. The zero-order valence-corrected chi connectivity index (χ0v) is 14.7. The maximum atomic E-state index is 13.2. The number of H-pyrrole nitrogens is 1. The van der Waals surface area contributed by atoms with Crippen LogP contribution in [0.3, 0.4) is 0 Å². The molecule has 0 unspecified atom stereocenters. The molecule has 0 saturated heterocycles. The van der Waals surface area contributed by atoms with E-state index in [0.717, 1.165) is 28.0 Å². The minimum Gasteiger partial charge on any atom is -0.404 e. The van der Waals surface area contributed by atoms with Crippen molar-refractivity contribution in [3.05, 3.63) is 91.2 Å². The number of hydrogen-bond donors (Lipinski definition) is 3. The number of nitrogens with one attached hydrogen (secondary N) is 2. The molecule has 4 N–H and O–H groups in total. The van der Waals surface area contributed by atoms with Gasteiger partial charge in [-0.1, -0.05) is 24.8 Å². The number of benzene rings is 1. The first-order valence-electron chi connectivity index (χ1n) is 8.40. The van der Waals surface area contributed by atoms with Crippen LogP contribution >= 0.6 is 0 Å². The minimum absolute atomic E-state index is 0.274. The molecule has 2 aromatic heterocycles. The fourth-order valence-electron chi connectivity index (χ4n) is 2.59. The standard InChI is InChI=1S/C21H20FN5/c1-2-3-4-15(12-23)13-25-20-11-17(9-10-24-20)19-14-26-27-21(19)16-5-7-18(22)8-6-16/h2-12,14H,1,13,23H2,(H,24,25)(H,26,27)/b4-3-,15-12+. The summed E-state index contributed by atoms with van der Waals surface area (Å²) in [5.74, 6) is 0.439. The van der Waals surface area contributed by atoms with Crippen molar-refractivity contribution in [2.75, 3.05) is 11.9 Å². The number of halogens is 1. The van der Waals surface area contributed by atoms with Crippen LogP contribution in [0, 0.1) is 5.82 Å². The topological polar surface area (TPSA) is 79.6 Å². The SMILES string of the molecule is C=C/C=C\C(=C/N)CNc1cc(-c2cn[nH]c2-c2ccc(F)cc2)ccn1. The molecule has 1 aromatic carbocycles. The van der Waals surface area contributed by atoms with Gasteiger partial charge in [0.15, 0.2) is 0 Å². The Kier molecular flexibility index (Phi) is 5.79. The number of nitrogens with two attached hydrogens (primary N) is 1. The zero-order chi connectivity index (χ0) is 19.1. The number of anilines is 1. The van der Waals surface area contributed by atoms with E-state index in [0.29, 0.717) is 12.4 Å². The minimum atomic E-state index is -0.274. The van der Waals surface area contributed by atoms with Gasteiger partial charge in [-0.25, -0.2) is 9.37 Å². The van der Waals surface area contributed by atoms with E-state index < -0.39 is 0 Å². The molecule has 0 amide bonds. The number of aromatic nitrogens is 3. The van der Waals surface area contributed by atoms with Gasteiger partial charge < -0.3 is 11.1 Å². The zero-order valence-electron chi connectivity index (χ0n) is 14.7. The highest BCUT2D eigenvalue weighted by atomic mass is 19.1. The van der Waals surface area contributed by atoms with E-state index in [9.17, 15) is 4.39 Å². The maximum Gasteiger partial charge on any atom is 0.126 e. The third-order valence-electron chi connectivity index (χ3n) is 3.98. The van der Waals surface area contributed by atoms with E-state index in [1.165, 1.54) is 12.1 Å². The van der Waals surface area contributed by atoms with E-state index in [-0.39, 0.29) is 5.82 Å². The average Bonchev–Trinajstić information content (AvgIpc) is 3.19. The molecule has 5 nitrogen and oxygen atoms in total. The van der Waals surface area contributed by atoms with Crippen LogP contribution in [0.2, 0.25) is 0 Å². The quantitative estimate of drug-likeness (QED) is 0.549. The number of nitrogens with zero attached hydrogens (tertiary/aromatic N) is 2. The Morgan fingerprint density at radius 3 is 2.78 bits per heavy atom. The van der Waals surface area contributed by atoms with Crippen LogP contribution in [0.4, 0.5) is 10.2 Å². The van der Waals surface area contributed by atoms with E-state index in [2.05, 4.69) is 27.1 Å². The van der Waals surface area contributed by atoms with Crippen molar-refractivity contribution in [3.8, 4) is 22.4 Å². The fourth-order valence-corrected chi connectivity index (χ4v) is 2.59. The van der Waals surface area contributed by atoms with Gasteiger partial charge in [0.2, 0.25) is 0 Å². The Hall–Kier alpha value is -3.67. The van der Waals surface area contributed by atoms with Gasteiger partial charge in [-0.15, -0.1) is 0 Å². The van der Waals surface area contributed by atoms with E-state index >= 15 is 0 Å². The highest BCUT2D eigenvalue weighted by Crippen LogP contribution is 2.30. The summed E-state index contributed by atoms with van der Waals surface area (Å²) in [7, 11) is 0. The summed E-state index contributed by atoms with van der Waals surface area (Å²) in [6, 6.07) is 10.1. The molecule has 0 atom stereocenters. The lowest BCUT2D eigenvalue weighted by molar-refractivity contribution is 0.628. The molecule has 6 heteroatoms. The predicted octanol–water partition coefficient (Wildman–Crippen LogP) is 4.27. The van der Waals surface area contributed by atoms with Crippen molar-refractivity contribution in [1.82, 2.24) is 15.2 Å². The predicted molar refractivity (Wildman–Crippen MR) is 107 cm³/mol. The Labute approximate surface area is 157 Å². The monoisotopic (exact) mass is 361 g/mol. The van der Waals surface area contributed by atoms with Gasteiger partial charge in [0.25, 0.3) is 0 Å². The summed E-state index contributed by atoms with van der Waals surface area (Å²) in [4.78, 5) is 4.35. The van der Waals surface area contributed by atoms with E-state index in [1.807, 2.05) is 24.3 Å². The molecule has 3 aromatic rings. The summed E-state index contributed by atoms with van der Waals surface area (Å²) in [5.41, 5.74) is 10.1. The van der Waals surface area contributed by atoms with Crippen LogP contribution in [0.25, 0.3) is 22.4 Å². The molecule has 0 spiro atoms. The molecule has 2 heterocycles. The summed E-state index contributed by atoms with van der Waals surface area (Å²) in [6.07, 6.45) is 10.4. The van der Waals surface area contributed by atoms with Crippen molar-refractivity contribution < 1.29 is 4.39 Å². The summed E-state index contributed by atoms with van der Waals surface area (Å²) in [6.45, 7) is 4.18. The average molecular weight is 361 g/mol. The lowest BCUT2D eigenvalue weighted by atomic mass is 10.0. The molecule has 0 radical (unpaired) electrons. The lowest BCUT2D eigenvalue weighted by Gasteiger charge is -2.09. The van der Waals surface area contributed by atoms with Gasteiger partial charge in [0.1, 0.15) is 11.6 Å². The second kappa shape index (κ2) is 8.62. The van der Waals surface area contributed by atoms with Gasteiger partial charge in [-0.3, -0.25) is 5.10 Å². The molecule has 3 rings (SSSR count). The van der Waals surface area contributed by atoms with Crippen LogP contribution in [0.15, 0.2) is 85.4 Å². The molecular formula is C21H20FN5. The molecule has 0 fully saturated rings. The van der Waals surface area contributed by atoms with Crippen LogP contribution in [-0.2, 0) is 0 Å². The van der Waals surface area contributed by atoms with Crippen LogP contribution < -0.4 is 11.1 Å². The molecule has 0 aliphatic heterocycles. The molecular weight excluding hydrogens is 341 g/mol. The summed E-state index contributed by atoms with van der Waals surface area (Å²) >= 11 is 0. The molecule has 136 valence electrons. The largest absolute Gasteiger partial charge is 0.404 e. The first-order chi connectivity index (χ1) is 13.2. The van der Waals surface area contributed by atoms with Crippen LogP contribution in [0.5, 0.6) is 0 Å². The van der Waals surface area contributed by atoms with Crippen LogP contribution in [-0.4, -0.2) is 21.7 Å². The van der Waals surface area contributed by atoms with Gasteiger partial charge in [-0.2, -0.15) is 5.10 Å². The summed E-state index contributed by atoms with van der Waals surface area (Å²) < 4.78 is 13.2. The second-order valence-corrected chi connectivity index (χ2v) is 5.79. The molecule has 0 bridgehead atoms. The van der Waals surface area contributed by atoms with E-state index in [1.54, 1.807) is 36.8 Å². The van der Waals surface area contributed by atoms with Gasteiger partial charge in [0.05, 0.1) is 11.9 Å². The number of allylic oxidation sites excluding steroid dienone is 2. The van der Waals surface area contributed by atoms with Crippen molar-refractivity contribution in [2.45, 2.75) is 0 Å². The van der Waals surface area contributed by atoms with Crippen LogP contribution in [0.1, 0.15) is 0 Å². The Morgan fingerprint density at radius 2 is 2.04 bits per heavy atom. The van der Waals surface area contributed by atoms with Crippen molar-refractivity contribution in [1.29, 1.82) is 0 Å². The molecule has 27 heavy (non-hydrogen) atoms. The smallest absolute Gasteiger partial charge is 0.126 e. The molecule has 0 aliphatic rings. The Balaban J connectivity index is 1.82. The first kappa shape index (κ1) is 18.1. The summed E-state index contributed by atoms with van der Waals surface area (Å²) in [5, 5.41) is 10.4. The van der Waals surface area contributed by atoms with Gasteiger partial charge in [-0.05, 0) is 53.7 Å². The molecule has 0 aliphatic carbocycles. The normalized spacial score (nSPS) is 11.7. The highest BCUT2D eigenvalue weighted by Gasteiger charge is 2.11. The van der Waals surface area contributed by atoms with E-state index in [4.69, 9.17) is 5.73 Å². The number of pyridine rings is 1. The van der Waals surface area contributed by atoms with Crippen molar-refractivity contribution >= 4 is 5.82 Å². The van der Waals surface area contributed by atoms with Gasteiger partial charge >= 0.3 is 0 Å². The third kappa shape index (κ3) is 4.49. The molecule has 0 saturated carbocycles. The van der Waals surface area contributed by atoms with Crippen molar-refractivity contribution in [2.24, 2.45) is 5.73 Å². The number of hydrogen-bond acceptors (Lipinski definition) is 4. The third-order valence-corrected chi connectivity index (χ3v) is 3.98. The highest BCUT2D eigenvalue weighted by molar-refractivity contribution is 5.81. The number of aromatic amines is 1. The number of rotatable bonds is 7. The lowest BCUT2D eigenvalue weighted by Crippen LogP contribution is -2.06. The first-order valence-corrected chi connectivity index (χ1v) is 8.40. The van der Waals surface area contributed by atoms with Crippen molar-refractivity contribution in [3.63, 3.8) is 0 Å². The fraction of sp³-hybridized carbons (Fsp3) is 0.0476. The van der Waals surface area contributed by atoms with Gasteiger partial charge in [0, 0.05) is 23.9 Å². The Bertz CT molecular complexity index is 970.